The molecule has 2 heterocycles. The molecule has 0 aliphatic carbocycles. The number of nitrogens with one attached hydrogen (secondary N) is 1. The van der Waals surface area contributed by atoms with Crippen LogP contribution in [0.4, 0.5) is 0 Å². The minimum atomic E-state index is -0.445. The first-order valence-corrected chi connectivity index (χ1v) is 12.8. The van der Waals surface area contributed by atoms with Gasteiger partial charge in [-0.15, -0.1) is 21.5 Å². The first kappa shape index (κ1) is 26.8. The smallest absolute Gasteiger partial charge is 0.310 e. The Morgan fingerprint density at radius 3 is 2.43 bits per heavy atom. The Labute approximate surface area is 231 Å². The molecule has 0 unspecified atom stereocenters. The van der Waals surface area contributed by atoms with E-state index in [2.05, 4.69) is 15.5 Å². The van der Waals surface area contributed by atoms with Gasteiger partial charge >= 0.3 is 5.97 Å². The minimum absolute atomic E-state index is 0.00385. The number of hydrogen-bond acceptors (Lipinski definition) is 7. The number of carbonyl (C=O) groups excluding carboxylic acids is 3. The summed E-state index contributed by atoms with van der Waals surface area (Å²) in [7, 11) is 1.30. The molecule has 37 heavy (non-hydrogen) atoms. The third-order valence-corrected chi connectivity index (χ3v) is 7.55. The van der Waals surface area contributed by atoms with Crippen LogP contribution in [0.1, 0.15) is 42.8 Å². The van der Waals surface area contributed by atoms with Crippen LogP contribution >= 0.6 is 46.1 Å². The SMILES string of the molecule is COC(=O)Cc1cc(C(=O)c2ccccc2Cl)c(-n2c(C)nnc2CNC(=O)c2ccc(Cl)c(Cl)c2)s1. The Morgan fingerprint density at radius 2 is 1.73 bits per heavy atom. The van der Waals surface area contributed by atoms with Crippen molar-refractivity contribution in [3.05, 3.63) is 96.8 Å². The molecule has 0 spiro atoms. The van der Waals surface area contributed by atoms with Gasteiger partial charge in [-0.05, 0) is 43.3 Å². The molecule has 0 atom stereocenters. The highest BCUT2D eigenvalue weighted by Crippen LogP contribution is 2.32. The number of aromatic nitrogens is 3. The minimum Gasteiger partial charge on any atom is -0.469 e. The van der Waals surface area contributed by atoms with E-state index in [1.807, 2.05) is 0 Å². The van der Waals surface area contributed by atoms with E-state index in [-0.39, 0.29) is 23.8 Å². The normalized spacial score (nSPS) is 10.8. The largest absolute Gasteiger partial charge is 0.469 e. The highest BCUT2D eigenvalue weighted by atomic mass is 35.5. The summed E-state index contributed by atoms with van der Waals surface area (Å²) >= 11 is 19.5. The van der Waals surface area contributed by atoms with Gasteiger partial charge in [0.2, 0.25) is 0 Å². The number of nitrogens with zero attached hydrogens (tertiary/aromatic N) is 3. The number of methoxy groups -OCH3 is 1. The van der Waals surface area contributed by atoms with Crippen molar-refractivity contribution in [2.24, 2.45) is 0 Å². The van der Waals surface area contributed by atoms with Crippen LogP contribution in [0.2, 0.25) is 15.1 Å². The lowest BCUT2D eigenvalue weighted by molar-refractivity contribution is -0.139. The molecule has 190 valence electrons. The number of benzene rings is 2. The van der Waals surface area contributed by atoms with E-state index in [0.717, 1.165) is 0 Å². The van der Waals surface area contributed by atoms with Crippen LogP contribution in [0.3, 0.4) is 0 Å². The van der Waals surface area contributed by atoms with Crippen LogP contribution in [0.25, 0.3) is 5.00 Å². The van der Waals surface area contributed by atoms with Crippen LogP contribution in [0, 0.1) is 6.92 Å². The van der Waals surface area contributed by atoms with E-state index in [4.69, 9.17) is 39.5 Å². The summed E-state index contributed by atoms with van der Waals surface area (Å²) in [5.74, 6) is -0.300. The van der Waals surface area contributed by atoms with Crippen molar-refractivity contribution in [2.75, 3.05) is 7.11 Å². The maximum atomic E-state index is 13.5. The van der Waals surface area contributed by atoms with Crippen molar-refractivity contribution in [3.63, 3.8) is 0 Å². The molecule has 2 aromatic carbocycles. The summed E-state index contributed by atoms with van der Waals surface area (Å²) in [6.45, 7) is 1.73. The van der Waals surface area contributed by atoms with Crippen molar-refractivity contribution in [3.8, 4) is 5.00 Å². The zero-order valence-corrected chi connectivity index (χ0v) is 22.6. The van der Waals surface area contributed by atoms with Crippen molar-refractivity contribution in [2.45, 2.75) is 19.9 Å². The molecule has 0 radical (unpaired) electrons. The number of carbonyl (C=O) groups is 3. The van der Waals surface area contributed by atoms with Crippen LogP contribution in [0.15, 0.2) is 48.5 Å². The van der Waals surface area contributed by atoms with Gasteiger partial charge in [0, 0.05) is 16.0 Å². The molecular weight excluding hydrogens is 559 g/mol. The Kier molecular flexibility index (Phi) is 8.29. The Morgan fingerprint density at radius 1 is 0.973 bits per heavy atom. The molecule has 0 bridgehead atoms. The van der Waals surface area contributed by atoms with Crippen molar-refractivity contribution in [1.82, 2.24) is 20.1 Å². The van der Waals surface area contributed by atoms with Crippen molar-refractivity contribution < 1.29 is 19.1 Å². The first-order valence-electron chi connectivity index (χ1n) is 10.8. The maximum absolute atomic E-state index is 13.5. The average Bonchev–Trinajstić information content (AvgIpc) is 3.46. The zero-order chi connectivity index (χ0) is 26.7. The Balaban J connectivity index is 1.71. The van der Waals surface area contributed by atoms with Gasteiger partial charge < -0.3 is 10.1 Å². The number of amides is 1. The second kappa shape index (κ2) is 11.4. The van der Waals surface area contributed by atoms with Crippen molar-refractivity contribution in [1.29, 1.82) is 0 Å². The third kappa shape index (κ3) is 5.86. The molecule has 1 N–H and O–H groups in total. The number of rotatable bonds is 8. The number of halogens is 3. The number of esters is 1. The lowest BCUT2D eigenvalue weighted by atomic mass is 10.0. The number of ether oxygens (including phenoxy) is 1. The standard InChI is InChI=1S/C25H19Cl3N4O4S/c1-13-30-31-21(12-29-24(35)14-7-8-19(27)20(28)9-14)32(13)25-17(10-15(37-25)11-22(33)36-2)23(34)16-5-3-4-6-18(16)26/h3-10H,11-12H2,1-2H3,(H,29,35). The fraction of sp³-hybridized carbons (Fsp3) is 0.160. The maximum Gasteiger partial charge on any atom is 0.310 e. The molecule has 0 aliphatic rings. The molecule has 8 nitrogen and oxygen atoms in total. The Hall–Kier alpha value is -3.24. The summed E-state index contributed by atoms with van der Waals surface area (Å²) in [4.78, 5) is 38.8. The number of ketones is 1. The van der Waals surface area contributed by atoms with E-state index in [9.17, 15) is 14.4 Å². The second-order valence-electron chi connectivity index (χ2n) is 7.80. The van der Waals surface area contributed by atoms with E-state index in [1.54, 1.807) is 47.9 Å². The topological polar surface area (TPSA) is 103 Å². The van der Waals surface area contributed by atoms with E-state index < -0.39 is 11.9 Å². The quantitative estimate of drug-likeness (QED) is 0.220. The molecule has 4 aromatic rings. The highest BCUT2D eigenvalue weighted by molar-refractivity contribution is 7.15. The van der Waals surface area contributed by atoms with Gasteiger partial charge in [-0.1, -0.05) is 46.9 Å². The summed E-state index contributed by atoms with van der Waals surface area (Å²) in [5.41, 5.74) is 0.952. The first-order chi connectivity index (χ1) is 17.7. The van der Waals surface area contributed by atoms with Gasteiger partial charge in [-0.25, -0.2) is 0 Å². The zero-order valence-electron chi connectivity index (χ0n) is 19.5. The van der Waals surface area contributed by atoms with Gasteiger partial charge in [0.05, 0.1) is 40.7 Å². The summed E-state index contributed by atoms with van der Waals surface area (Å²) in [6.07, 6.45) is -0.0193. The molecule has 2 aromatic heterocycles. The van der Waals surface area contributed by atoms with Crippen molar-refractivity contribution >= 4 is 63.8 Å². The molecule has 0 saturated heterocycles. The van der Waals surface area contributed by atoms with Crippen LogP contribution in [0.5, 0.6) is 0 Å². The van der Waals surface area contributed by atoms with Gasteiger partial charge in [-0.3, -0.25) is 19.0 Å². The summed E-state index contributed by atoms with van der Waals surface area (Å²) in [5, 5.41) is 12.5. The van der Waals surface area contributed by atoms with Gasteiger partial charge in [0.1, 0.15) is 10.8 Å². The number of hydrogen-bond donors (Lipinski definition) is 1. The molecule has 0 aliphatic heterocycles. The number of thiophene rings is 1. The fourth-order valence-electron chi connectivity index (χ4n) is 3.54. The van der Waals surface area contributed by atoms with Crippen LogP contribution in [-0.2, 0) is 22.5 Å². The average molecular weight is 578 g/mol. The molecule has 1 amide bonds. The third-order valence-electron chi connectivity index (χ3n) is 5.36. The van der Waals surface area contributed by atoms with Crippen LogP contribution < -0.4 is 5.32 Å². The molecule has 0 fully saturated rings. The van der Waals surface area contributed by atoms with Gasteiger partial charge in [-0.2, -0.15) is 0 Å². The Bertz CT molecular complexity index is 1520. The molecular formula is C25H19Cl3N4O4S. The highest BCUT2D eigenvalue weighted by Gasteiger charge is 2.25. The van der Waals surface area contributed by atoms with E-state index in [0.29, 0.717) is 48.3 Å². The molecule has 12 heteroatoms. The second-order valence-corrected chi connectivity index (χ2v) is 10.1. The monoisotopic (exact) mass is 576 g/mol. The van der Waals surface area contributed by atoms with E-state index in [1.165, 1.54) is 30.6 Å². The summed E-state index contributed by atoms with van der Waals surface area (Å²) in [6, 6.07) is 12.9. The predicted molar refractivity (Wildman–Crippen MR) is 142 cm³/mol. The van der Waals surface area contributed by atoms with Crippen LogP contribution in [-0.4, -0.2) is 39.5 Å². The summed E-state index contributed by atoms with van der Waals surface area (Å²) < 4.78 is 6.46. The lowest BCUT2D eigenvalue weighted by Crippen LogP contribution is -2.24. The van der Waals surface area contributed by atoms with Gasteiger partial charge in [0.15, 0.2) is 11.6 Å². The predicted octanol–water partition coefficient (Wildman–Crippen LogP) is 5.47. The fourth-order valence-corrected chi connectivity index (χ4v) is 5.26. The van der Waals surface area contributed by atoms with Gasteiger partial charge in [0.25, 0.3) is 5.91 Å². The molecule has 0 saturated carbocycles. The van der Waals surface area contributed by atoms with E-state index >= 15 is 0 Å². The number of aryl methyl sites for hydroxylation is 1. The lowest BCUT2D eigenvalue weighted by Gasteiger charge is -2.11. The molecule has 4 rings (SSSR count).